The number of hydrazine groups is 1. The quantitative estimate of drug-likeness (QED) is 0.542. The Balaban J connectivity index is 2.10. The summed E-state index contributed by atoms with van der Waals surface area (Å²) in [5.41, 5.74) is 7.09. The molecule has 0 fully saturated rings. The maximum absolute atomic E-state index is 12.7. The molecule has 0 radical (unpaired) electrons. The van der Waals surface area contributed by atoms with E-state index in [2.05, 4.69) is 10.9 Å². The lowest BCUT2D eigenvalue weighted by atomic mass is 10.1. The molecule has 2 amide bonds. The number of benzene rings is 2. The first kappa shape index (κ1) is 24.8. The zero-order valence-corrected chi connectivity index (χ0v) is 19.5. The number of ether oxygens (including phenoxy) is 4. The summed E-state index contributed by atoms with van der Waals surface area (Å²) in [5.74, 6) is 0.829. The van der Waals surface area contributed by atoms with Crippen molar-refractivity contribution in [2.75, 3.05) is 19.8 Å². The minimum absolute atomic E-state index is 0.253. The van der Waals surface area contributed by atoms with Crippen LogP contribution in [0.25, 0.3) is 0 Å². The second kappa shape index (κ2) is 11.8. The van der Waals surface area contributed by atoms with Crippen LogP contribution in [0.3, 0.4) is 0 Å². The molecule has 0 spiro atoms. The van der Waals surface area contributed by atoms with Crippen molar-refractivity contribution in [2.24, 2.45) is 0 Å². The van der Waals surface area contributed by atoms with E-state index >= 15 is 0 Å². The Morgan fingerprint density at radius 1 is 0.875 bits per heavy atom. The number of carbonyl (C=O) groups is 2. The van der Waals surface area contributed by atoms with Gasteiger partial charge in [0.15, 0.2) is 17.6 Å². The smallest absolute Gasteiger partial charge is 0.279 e. The Bertz CT molecular complexity index is 917. The topological polar surface area (TPSA) is 95.1 Å². The molecule has 0 bridgehead atoms. The van der Waals surface area contributed by atoms with Gasteiger partial charge in [-0.15, -0.1) is 0 Å². The molecule has 2 rings (SSSR count). The van der Waals surface area contributed by atoms with Crippen molar-refractivity contribution in [3.8, 4) is 23.0 Å². The van der Waals surface area contributed by atoms with Gasteiger partial charge >= 0.3 is 0 Å². The maximum Gasteiger partial charge on any atom is 0.279 e. The molecule has 0 aliphatic heterocycles. The molecule has 2 N–H and O–H groups in total. The molecule has 0 aliphatic carbocycles. The zero-order valence-electron chi connectivity index (χ0n) is 19.5. The second-order valence-corrected chi connectivity index (χ2v) is 7.00. The minimum Gasteiger partial charge on any atom is -0.490 e. The van der Waals surface area contributed by atoms with Crippen molar-refractivity contribution >= 4 is 11.8 Å². The Labute approximate surface area is 189 Å². The van der Waals surface area contributed by atoms with Crippen LogP contribution in [0, 0.1) is 13.8 Å². The molecule has 1 unspecified atom stereocenters. The van der Waals surface area contributed by atoms with Gasteiger partial charge in [-0.25, -0.2) is 0 Å². The number of hydrogen-bond donors (Lipinski definition) is 2. The van der Waals surface area contributed by atoms with Crippen LogP contribution in [0.4, 0.5) is 0 Å². The van der Waals surface area contributed by atoms with Crippen LogP contribution in [-0.2, 0) is 4.79 Å². The van der Waals surface area contributed by atoms with Crippen LogP contribution in [0.5, 0.6) is 23.0 Å². The second-order valence-electron chi connectivity index (χ2n) is 7.00. The van der Waals surface area contributed by atoms with Gasteiger partial charge in [0.2, 0.25) is 5.75 Å². The Kier molecular flexibility index (Phi) is 9.19. The standard InChI is InChI=1S/C24H32N2O6/c1-7-29-20-13-18(14-21(30-8-2)22(20)31-9-3)24(28)26-25-23(27)17(6)32-19-12-10-11-15(4)16(19)5/h10-14,17H,7-9H2,1-6H3,(H,25,27)(H,26,28). The monoisotopic (exact) mass is 444 g/mol. The van der Waals surface area contributed by atoms with E-state index in [-0.39, 0.29) is 5.56 Å². The van der Waals surface area contributed by atoms with E-state index in [9.17, 15) is 9.59 Å². The highest BCUT2D eigenvalue weighted by Gasteiger charge is 2.20. The fraction of sp³-hybridized carbons (Fsp3) is 0.417. The average molecular weight is 445 g/mol. The van der Waals surface area contributed by atoms with Crippen LogP contribution in [0.1, 0.15) is 49.2 Å². The van der Waals surface area contributed by atoms with E-state index in [1.165, 1.54) is 0 Å². The molecule has 0 aliphatic rings. The Morgan fingerprint density at radius 3 is 2.03 bits per heavy atom. The van der Waals surface area contributed by atoms with Crippen molar-refractivity contribution in [2.45, 2.75) is 47.6 Å². The van der Waals surface area contributed by atoms with Gasteiger partial charge in [-0.2, -0.15) is 0 Å². The highest BCUT2D eigenvalue weighted by molar-refractivity contribution is 5.97. The average Bonchev–Trinajstić information content (AvgIpc) is 2.77. The first-order chi connectivity index (χ1) is 15.3. The number of aryl methyl sites for hydroxylation is 1. The SMILES string of the molecule is CCOc1cc(C(=O)NNC(=O)C(C)Oc2cccc(C)c2C)cc(OCC)c1OCC. The summed E-state index contributed by atoms with van der Waals surface area (Å²) < 4.78 is 22.6. The van der Waals surface area contributed by atoms with Gasteiger partial charge in [0, 0.05) is 5.56 Å². The molecule has 32 heavy (non-hydrogen) atoms. The molecule has 0 saturated heterocycles. The minimum atomic E-state index is -0.811. The molecule has 8 nitrogen and oxygen atoms in total. The van der Waals surface area contributed by atoms with Crippen molar-refractivity contribution < 1.29 is 28.5 Å². The molecule has 2 aromatic rings. The fourth-order valence-corrected chi connectivity index (χ4v) is 2.91. The van der Waals surface area contributed by atoms with Crippen LogP contribution in [-0.4, -0.2) is 37.7 Å². The molecule has 0 saturated carbocycles. The number of amides is 2. The molecule has 2 aromatic carbocycles. The molecule has 174 valence electrons. The van der Waals surface area contributed by atoms with Gasteiger partial charge in [-0.1, -0.05) is 12.1 Å². The molecular weight excluding hydrogens is 412 g/mol. The van der Waals surface area contributed by atoms with Gasteiger partial charge < -0.3 is 18.9 Å². The largest absolute Gasteiger partial charge is 0.490 e. The lowest BCUT2D eigenvalue weighted by Crippen LogP contribution is -2.47. The third-order valence-electron chi connectivity index (χ3n) is 4.70. The number of nitrogens with one attached hydrogen (secondary N) is 2. The number of hydrogen-bond acceptors (Lipinski definition) is 6. The van der Waals surface area contributed by atoms with E-state index in [0.717, 1.165) is 11.1 Å². The first-order valence-electron chi connectivity index (χ1n) is 10.7. The summed E-state index contributed by atoms with van der Waals surface area (Å²) in [4.78, 5) is 25.1. The van der Waals surface area contributed by atoms with Crippen molar-refractivity contribution in [1.82, 2.24) is 10.9 Å². The summed E-state index contributed by atoms with van der Waals surface area (Å²) in [6, 6.07) is 8.73. The van der Waals surface area contributed by atoms with Gasteiger partial charge in [-0.05, 0) is 70.9 Å². The van der Waals surface area contributed by atoms with Gasteiger partial charge in [-0.3, -0.25) is 20.4 Å². The van der Waals surface area contributed by atoms with E-state index < -0.39 is 17.9 Å². The van der Waals surface area contributed by atoms with Crippen LogP contribution >= 0.6 is 0 Å². The molecule has 0 aromatic heterocycles. The molecule has 0 heterocycles. The zero-order chi connectivity index (χ0) is 23.7. The lowest BCUT2D eigenvalue weighted by Gasteiger charge is -2.18. The van der Waals surface area contributed by atoms with Crippen LogP contribution < -0.4 is 29.8 Å². The molecule has 8 heteroatoms. The summed E-state index contributed by atoms with van der Waals surface area (Å²) >= 11 is 0. The predicted molar refractivity (Wildman–Crippen MR) is 122 cm³/mol. The molecule has 1 atom stereocenters. The van der Waals surface area contributed by atoms with E-state index in [4.69, 9.17) is 18.9 Å². The number of rotatable bonds is 10. The van der Waals surface area contributed by atoms with Crippen molar-refractivity contribution in [3.63, 3.8) is 0 Å². The summed E-state index contributed by atoms with van der Waals surface area (Å²) in [5, 5.41) is 0. The predicted octanol–water partition coefficient (Wildman–Crippen LogP) is 3.73. The maximum atomic E-state index is 12.7. The summed E-state index contributed by atoms with van der Waals surface area (Å²) in [7, 11) is 0. The number of carbonyl (C=O) groups excluding carboxylic acids is 2. The van der Waals surface area contributed by atoms with E-state index in [1.54, 1.807) is 25.1 Å². The van der Waals surface area contributed by atoms with Gasteiger partial charge in [0.05, 0.1) is 19.8 Å². The van der Waals surface area contributed by atoms with Crippen molar-refractivity contribution in [3.05, 3.63) is 47.0 Å². The third-order valence-corrected chi connectivity index (χ3v) is 4.70. The fourth-order valence-electron chi connectivity index (χ4n) is 2.91. The Morgan fingerprint density at radius 2 is 1.47 bits per heavy atom. The van der Waals surface area contributed by atoms with Crippen LogP contribution in [0.15, 0.2) is 30.3 Å². The molecular formula is C24H32N2O6. The lowest BCUT2D eigenvalue weighted by molar-refractivity contribution is -0.128. The first-order valence-corrected chi connectivity index (χ1v) is 10.7. The highest BCUT2D eigenvalue weighted by Crippen LogP contribution is 2.39. The summed E-state index contributed by atoms with van der Waals surface area (Å²) in [6.07, 6.45) is -0.811. The van der Waals surface area contributed by atoms with Gasteiger partial charge in [0.25, 0.3) is 11.8 Å². The van der Waals surface area contributed by atoms with Crippen LogP contribution in [0.2, 0.25) is 0 Å². The normalized spacial score (nSPS) is 11.3. The van der Waals surface area contributed by atoms with Crippen molar-refractivity contribution in [1.29, 1.82) is 0 Å². The third kappa shape index (κ3) is 6.29. The Hall–Kier alpha value is -3.42. The van der Waals surface area contributed by atoms with E-state index in [0.29, 0.717) is 42.8 Å². The summed E-state index contributed by atoms with van der Waals surface area (Å²) in [6.45, 7) is 12.2. The van der Waals surface area contributed by atoms with E-state index in [1.807, 2.05) is 46.8 Å². The van der Waals surface area contributed by atoms with Gasteiger partial charge in [0.1, 0.15) is 5.75 Å². The highest BCUT2D eigenvalue weighted by atomic mass is 16.5.